The van der Waals surface area contributed by atoms with Gasteiger partial charge in [-0.15, -0.1) is 0 Å². The Morgan fingerprint density at radius 1 is 1.14 bits per heavy atom. The number of nitrogens with zero attached hydrogens (tertiary/aromatic N) is 1. The van der Waals surface area contributed by atoms with Gasteiger partial charge in [-0.25, -0.2) is 0 Å². The van der Waals surface area contributed by atoms with Gasteiger partial charge in [-0.3, -0.25) is 4.79 Å². The number of piperidine rings is 1. The lowest BCUT2D eigenvalue weighted by atomic mass is 9.74. The normalized spacial score (nSPS) is 18.1. The molecule has 2 aromatic rings. The molecule has 0 aromatic heterocycles. The molecule has 0 aliphatic carbocycles. The Kier molecular flexibility index (Phi) is 5.86. The predicted molar refractivity (Wildman–Crippen MR) is 117 cm³/mol. The summed E-state index contributed by atoms with van der Waals surface area (Å²) in [5.41, 5.74) is 3.25. The van der Waals surface area contributed by atoms with Crippen LogP contribution in [0.15, 0.2) is 36.4 Å². The summed E-state index contributed by atoms with van der Waals surface area (Å²) in [6.07, 6.45) is 6.16. The number of carboxylic acids is 1. The molecule has 29 heavy (non-hydrogen) atoms. The molecule has 0 atom stereocenters. The number of carbonyl (C=O) groups is 1. The van der Waals surface area contributed by atoms with Crippen LogP contribution in [0.5, 0.6) is 5.75 Å². The molecule has 2 aromatic carbocycles. The molecular formula is C23H23Cl2NO3. The van der Waals surface area contributed by atoms with Gasteiger partial charge in [0.05, 0.1) is 13.0 Å². The zero-order chi connectivity index (χ0) is 20.4. The standard InChI is InChI=1S/C23H23Cl2NO3/c24-18-4-6-20(25)17(14-18)3-1-16-2-5-19-21(13-16)29-15-23(19)8-11-26(12-9-23)10-7-22(27)28/h1-6,13-14H,7-12,15H2,(H,27,28). The Balaban J connectivity index is 1.46. The number of halogens is 2. The number of likely N-dealkylation sites (tertiary alicyclic amines) is 1. The van der Waals surface area contributed by atoms with Crippen molar-refractivity contribution in [2.75, 3.05) is 26.2 Å². The molecule has 1 fully saturated rings. The van der Waals surface area contributed by atoms with Crippen LogP contribution in [0.25, 0.3) is 12.2 Å². The van der Waals surface area contributed by atoms with Crippen LogP contribution in [0.2, 0.25) is 10.0 Å². The third-order valence-corrected chi connectivity index (χ3v) is 6.53. The maximum atomic E-state index is 10.8. The number of aliphatic carboxylic acids is 1. The lowest BCUT2D eigenvalue weighted by Gasteiger charge is -2.38. The first kappa shape index (κ1) is 20.3. The molecule has 0 radical (unpaired) electrons. The zero-order valence-electron chi connectivity index (χ0n) is 16.0. The minimum absolute atomic E-state index is 0.0492. The molecule has 1 N–H and O–H groups in total. The van der Waals surface area contributed by atoms with Crippen LogP contribution in [0.1, 0.15) is 36.0 Å². The Bertz CT molecular complexity index is 949. The van der Waals surface area contributed by atoms with Crippen LogP contribution < -0.4 is 4.74 Å². The van der Waals surface area contributed by atoms with Crippen LogP contribution >= 0.6 is 23.2 Å². The van der Waals surface area contributed by atoms with Crippen molar-refractivity contribution >= 4 is 41.3 Å². The smallest absolute Gasteiger partial charge is 0.304 e. The van der Waals surface area contributed by atoms with E-state index in [4.69, 9.17) is 33.0 Å². The van der Waals surface area contributed by atoms with E-state index < -0.39 is 5.97 Å². The molecule has 1 spiro atoms. The summed E-state index contributed by atoms with van der Waals surface area (Å²) in [5, 5.41) is 10.2. The van der Waals surface area contributed by atoms with Gasteiger partial charge in [0.25, 0.3) is 0 Å². The van der Waals surface area contributed by atoms with Gasteiger partial charge in [0.1, 0.15) is 5.75 Å². The largest absolute Gasteiger partial charge is 0.492 e. The summed E-state index contributed by atoms with van der Waals surface area (Å²) in [6, 6.07) is 11.8. The second-order valence-corrected chi connectivity index (χ2v) is 8.65. The van der Waals surface area contributed by atoms with Gasteiger partial charge in [0, 0.05) is 27.6 Å². The van der Waals surface area contributed by atoms with E-state index >= 15 is 0 Å². The second-order valence-electron chi connectivity index (χ2n) is 7.81. The Labute approximate surface area is 180 Å². The van der Waals surface area contributed by atoms with Gasteiger partial charge in [0.2, 0.25) is 0 Å². The molecule has 2 aliphatic heterocycles. The third kappa shape index (κ3) is 4.45. The molecule has 4 rings (SSSR count). The molecule has 152 valence electrons. The second kappa shape index (κ2) is 8.39. The molecular weight excluding hydrogens is 409 g/mol. The lowest BCUT2D eigenvalue weighted by Crippen LogP contribution is -2.44. The molecule has 2 heterocycles. The van der Waals surface area contributed by atoms with Crippen molar-refractivity contribution in [3.63, 3.8) is 0 Å². The van der Waals surface area contributed by atoms with Crippen LogP contribution in [-0.4, -0.2) is 42.2 Å². The third-order valence-electron chi connectivity index (χ3n) is 5.95. The predicted octanol–water partition coefficient (Wildman–Crippen LogP) is 5.36. The maximum Gasteiger partial charge on any atom is 0.304 e. The minimum atomic E-state index is -0.737. The monoisotopic (exact) mass is 431 g/mol. The SMILES string of the molecule is O=C(O)CCN1CCC2(CC1)COc1cc(C=Cc3cc(Cl)ccc3Cl)ccc12. The van der Waals surface area contributed by atoms with E-state index in [1.165, 1.54) is 5.56 Å². The van der Waals surface area contributed by atoms with Gasteiger partial charge in [-0.1, -0.05) is 47.5 Å². The fourth-order valence-corrected chi connectivity index (χ4v) is 4.56. The van der Waals surface area contributed by atoms with E-state index in [0.29, 0.717) is 23.2 Å². The van der Waals surface area contributed by atoms with Gasteiger partial charge in [-0.2, -0.15) is 0 Å². The van der Waals surface area contributed by atoms with E-state index in [1.54, 1.807) is 12.1 Å². The average molecular weight is 432 g/mol. The number of ether oxygens (including phenoxy) is 1. The van der Waals surface area contributed by atoms with Crippen molar-refractivity contribution < 1.29 is 14.6 Å². The highest BCUT2D eigenvalue weighted by molar-refractivity contribution is 6.34. The van der Waals surface area contributed by atoms with E-state index in [9.17, 15) is 4.79 Å². The van der Waals surface area contributed by atoms with Crippen molar-refractivity contribution in [2.24, 2.45) is 0 Å². The molecule has 0 saturated carbocycles. The maximum absolute atomic E-state index is 10.8. The van der Waals surface area contributed by atoms with Crippen molar-refractivity contribution in [1.29, 1.82) is 0 Å². The summed E-state index contributed by atoms with van der Waals surface area (Å²) in [6.45, 7) is 3.13. The number of hydrogen-bond acceptors (Lipinski definition) is 3. The Hall–Kier alpha value is -2.01. The summed E-state index contributed by atoms with van der Waals surface area (Å²) >= 11 is 12.3. The number of carboxylic acid groups (broad SMARTS) is 1. The lowest BCUT2D eigenvalue weighted by molar-refractivity contribution is -0.137. The number of benzene rings is 2. The average Bonchev–Trinajstić information content (AvgIpc) is 3.06. The van der Waals surface area contributed by atoms with E-state index in [1.807, 2.05) is 18.2 Å². The number of fused-ring (bicyclic) bond motifs is 2. The Morgan fingerprint density at radius 2 is 1.93 bits per heavy atom. The first-order valence-corrected chi connectivity index (χ1v) is 10.6. The quantitative estimate of drug-likeness (QED) is 0.646. The molecule has 0 bridgehead atoms. The highest BCUT2D eigenvalue weighted by Crippen LogP contribution is 2.46. The van der Waals surface area contributed by atoms with Crippen LogP contribution in [0.4, 0.5) is 0 Å². The molecule has 0 amide bonds. The summed E-state index contributed by atoms with van der Waals surface area (Å²) in [5.74, 6) is 0.211. The highest BCUT2D eigenvalue weighted by Gasteiger charge is 2.42. The summed E-state index contributed by atoms with van der Waals surface area (Å²) < 4.78 is 6.07. The Morgan fingerprint density at radius 3 is 2.69 bits per heavy atom. The van der Waals surface area contributed by atoms with Crippen molar-refractivity contribution in [1.82, 2.24) is 4.90 Å². The van der Waals surface area contributed by atoms with E-state index in [2.05, 4.69) is 23.1 Å². The molecule has 1 saturated heterocycles. The summed E-state index contributed by atoms with van der Waals surface area (Å²) in [4.78, 5) is 13.0. The molecule has 6 heteroatoms. The number of hydrogen-bond donors (Lipinski definition) is 1. The van der Waals surface area contributed by atoms with Gasteiger partial charge >= 0.3 is 5.97 Å². The fourth-order valence-electron chi connectivity index (χ4n) is 4.19. The van der Waals surface area contributed by atoms with Crippen molar-refractivity contribution in [3.8, 4) is 5.75 Å². The van der Waals surface area contributed by atoms with Crippen LogP contribution in [0.3, 0.4) is 0 Å². The van der Waals surface area contributed by atoms with Gasteiger partial charge in [0.15, 0.2) is 0 Å². The molecule has 2 aliphatic rings. The highest BCUT2D eigenvalue weighted by atomic mass is 35.5. The van der Waals surface area contributed by atoms with Crippen molar-refractivity contribution in [3.05, 3.63) is 63.1 Å². The van der Waals surface area contributed by atoms with Gasteiger partial charge < -0.3 is 14.7 Å². The van der Waals surface area contributed by atoms with Crippen LogP contribution in [-0.2, 0) is 10.2 Å². The van der Waals surface area contributed by atoms with Gasteiger partial charge in [-0.05, 0) is 61.3 Å². The fraction of sp³-hybridized carbons (Fsp3) is 0.348. The first-order chi connectivity index (χ1) is 13.9. The molecule has 0 unspecified atom stereocenters. The topological polar surface area (TPSA) is 49.8 Å². The molecule has 4 nitrogen and oxygen atoms in total. The summed E-state index contributed by atoms with van der Waals surface area (Å²) in [7, 11) is 0. The van der Waals surface area contributed by atoms with Crippen LogP contribution in [0, 0.1) is 0 Å². The first-order valence-electron chi connectivity index (χ1n) is 9.80. The minimum Gasteiger partial charge on any atom is -0.492 e. The van der Waals surface area contributed by atoms with E-state index in [0.717, 1.165) is 42.8 Å². The number of rotatable bonds is 5. The zero-order valence-corrected chi connectivity index (χ0v) is 17.5. The van der Waals surface area contributed by atoms with Crippen molar-refractivity contribution in [2.45, 2.75) is 24.7 Å². The van der Waals surface area contributed by atoms with E-state index in [-0.39, 0.29) is 11.8 Å².